The van der Waals surface area contributed by atoms with Gasteiger partial charge in [0.25, 0.3) is 0 Å². The molecule has 1 atom stereocenters. The summed E-state index contributed by atoms with van der Waals surface area (Å²) in [4.78, 5) is 27.5. The minimum Gasteiger partial charge on any atom is -0.367 e. The maximum atomic E-state index is 13.1. The average Bonchev–Trinajstić information content (AvgIpc) is 2.96. The fourth-order valence-electron chi connectivity index (χ4n) is 3.81. The third-order valence-electron chi connectivity index (χ3n) is 5.71. The molecule has 1 N–H and O–H groups in total. The van der Waals surface area contributed by atoms with E-state index in [1.807, 2.05) is 30.3 Å². The van der Waals surface area contributed by atoms with Gasteiger partial charge in [0.05, 0.1) is 6.61 Å². The van der Waals surface area contributed by atoms with Crippen molar-refractivity contribution in [2.75, 3.05) is 13.2 Å². The van der Waals surface area contributed by atoms with Crippen LogP contribution in [-0.4, -0.2) is 35.9 Å². The maximum Gasteiger partial charge on any atom is 0.249 e. The first-order valence-electron chi connectivity index (χ1n) is 11.1. The molecule has 1 aliphatic heterocycles. The number of carbonyl (C=O) groups is 2. The highest BCUT2D eigenvalue weighted by Gasteiger charge is 2.31. The minimum atomic E-state index is -0.461. The van der Waals surface area contributed by atoms with Gasteiger partial charge in [0.15, 0.2) is 0 Å². The van der Waals surface area contributed by atoms with Crippen LogP contribution < -0.4 is 5.32 Å². The zero-order valence-corrected chi connectivity index (χ0v) is 18.9. The van der Waals surface area contributed by atoms with Gasteiger partial charge in [0.1, 0.15) is 12.6 Å². The minimum absolute atomic E-state index is 0.0429. The average molecular weight is 423 g/mol. The molecule has 0 bridgehead atoms. The largest absolute Gasteiger partial charge is 0.367 e. The van der Waals surface area contributed by atoms with E-state index in [0.717, 1.165) is 24.0 Å². The molecule has 5 heteroatoms. The molecule has 1 aliphatic rings. The van der Waals surface area contributed by atoms with Crippen molar-refractivity contribution in [2.45, 2.75) is 64.6 Å². The highest BCUT2D eigenvalue weighted by atomic mass is 16.5. The Bertz CT molecular complexity index is 856. The third kappa shape index (κ3) is 6.66. The van der Waals surface area contributed by atoms with Gasteiger partial charge in [0, 0.05) is 13.1 Å². The molecule has 2 amide bonds. The van der Waals surface area contributed by atoms with Gasteiger partial charge >= 0.3 is 0 Å². The third-order valence-corrected chi connectivity index (χ3v) is 5.71. The van der Waals surface area contributed by atoms with Crippen LogP contribution >= 0.6 is 0 Å². The van der Waals surface area contributed by atoms with Gasteiger partial charge in [0.2, 0.25) is 11.8 Å². The Balaban J connectivity index is 1.72. The number of hydrogen-bond donors (Lipinski definition) is 1. The Kier molecular flexibility index (Phi) is 7.85. The second-order valence-electron chi connectivity index (χ2n) is 9.25. The van der Waals surface area contributed by atoms with Crippen LogP contribution in [0.3, 0.4) is 0 Å². The Labute approximate surface area is 185 Å². The lowest BCUT2D eigenvalue weighted by molar-refractivity contribution is -0.145. The lowest BCUT2D eigenvalue weighted by Gasteiger charge is -2.30. The topological polar surface area (TPSA) is 58.6 Å². The van der Waals surface area contributed by atoms with E-state index in [-0.39, 0.29) is 23.8 Å². The molecule has 0 saturated carbocycles. The van der Waals surface area contributed by atoms with Crippen molar-refractivity contribution in [2.24, 2.45) is 0 Å². The van der Waals surface area contributed by atoms with Crippen molar-refractivity contribution >= 4 is 11.8 Å². The molecular weight excluding hydrogens is 388 g/mol. The Hall–Kier alpha value is -2.66. The van der Waals surface area contributed by atoms with Crippen molar-refractivity contribution < 1.29 is 14.3 Å². The van der Waals surface area contributed by atoms with E-state index in [1.54, 1.807) is 4.90 Å². The van der Waals surface area contributed by atoms with Gasteiger partial charge in [-0.25, -0.2) is 0 Å². The van der Waals surface area contributed by atoms with Crippen molar-refractivity contribution in [3.05, 3.63) is 71.3 Å². The van der Waals surface area contributed by atoms with Crippen molar-refractivity contribution in [3.63, 3.8) is 0 Å². The predicted octanol–water partition coefficient (Wildman–Crippen LogP) is 4.20. The lowest BCUT2D eigenvalue weighted by atomic mass is 9.86. The van der Waals surface area contributed by atoms with E-state index in [9.17, 15) is 9.59 Å². The molecule has 0 aromatic heterocycles. The van der Waals surface area contributed by atoms with Crippen molar-refractivity contribution in [1.82, 2.24) is 10.2 Å². The van der Waals surface area contributed by atoms with Crippen LogP contribution in [0.1, 0.15) is 56.7 Å². The Morgan fingerprint density at radius 1 is 1.03 bits per heavy atom. The molecule has 5 nitrogen and oxygen atoms in total. The summed E-state index contributed by atoms with van der Waals surface area (Å²) in [6.45, 7) is 7.93. The molecule has 31 heavy (non-hydrogen) atoms. The number of carbonyl (C=O) groups excluding carboxylic acids is 2. The molecule has 0 spiro atoms. The molecular formula is C26H34N2O3. The smallest absolute Gasteiger partial charge is 0.249 e. The zero-order valence-electron chi connectivity index (χ0n) is 18.9. The monoisotopic (exact) mass is 422 g/mol. The number of ether oxygens (including phenoxy) is 1. The molecule has 1 unspecified atom stereocenters. The first-order chi connectivity index (χ1) is 14.8. The van der Waals surface area contributed by atoms with E-state index in [0.29, 0.717) is 26.1 Å². The quantitative estimate of drug-likeness (QED) is 0.728. The molecule has 0 aliphatic carbocycles. The number of benzene rings is 2. The fourth-order valence-corrected chi connectivity index (χ4v) is 3.81. The zero-order chi connectivity index (χ0) is 22.3. The van der Waals surface area contributed by atoms with Gasteiger partial charge in [-0.15, -0.1) is 0 Å². The van der Waals surface area contributed by atoms with Gasteiger partial charge in [-0.1, -0.05) is 75.4 Å². The normalized spacial score (nSPS) is 17.0. The molecule has 1 saturated heterocycles. The molecule has 3 rings (SSSR count). The molecule has 2 aromatic rings. The number of amides is 2. The fraction of sp³-hybridized carbons (Fsp3) is 0.462. The Morgan fingerprint density at radius 2 is 1.74 bits per heavy atom. The summed E-state index contributed by atoms with van der Waals surface area (Å²) in [5.41, 5.74) is 3.35. The summed E-state index contributed by atoms with van der Waals surface area (Å²) in [5.74, 6) is -0.224. The van der Waals surface area contributed by atoms with Crippen molar-refractivity contribution in [3.8, 4) is 0 Å². The summed E-state index contributed by atoms with van der Waals surface area (Å²) in [7, 11) is 0. The van der Waals surface area contributed by atoms with Crippen molar-refractivity contribution in [1.29, 1.82) is 0 Å². The molecule has 1 heterocycles. The summed E-state index contributed by atoms with van der Waals surface area (Å²) in [6, 6.07) is 17.7. The second kappa shape index (κ2) is 10.6. The van der Waals surface area contributed by atoms with Gasteiger partial charge < -0.3 is 15.0 Å². The van der Waals surface area contributed by atoms with E-state index in [1.165, 1.54) is 5.56 Å². The number of rotatable bonds is 7. The summed E-state index contributed by atoms with van der Waals surface area (Å²) < 4.78 is 5.70. The molecule has 166 valence electrons. The van der Waals surface area contributed by atoms with Crippen LogP contribution in [0.25, 0.3) is 0 Å². The number of hydrogen-bond acceptors (Lipinski definition) is 3. The highest BCUT2D eigenvalue weighted by molar-refractivity contribution is 5.88. The molecule has 2 aromatic carbocycles. The van der Waals surface area contributed by atoms with E-state index < -0.39 is 6.04 Å². The lowest BCUT2D eigenvalue weighted by Crippen LogP contribution is -2.49. The van der Waals surface area contributed by atoms with Crippen LogP contribution in [0.5, 0.6) is 0 Å². The maximum absolute atomic E-state index is 13.1. The molecule has 1 fully saturated rings. The van der Waals surface area contributed by atoms with E-state index in [4.69, 9.17) is 4.74 Å². The van der Waals surface area contributed by atoms with E-state index >= 15 is 0 Å². The van der Waals surface area contributed by atoms with Gasteiger partial charge in [-0.3, -0.25) is 9.59 Å². The summed E-state index contributed by atoms with van der Waals surface area (Å²) in [5, 5.41) is 2.95. The Morgan fingerprint density at radius 3 is 2.42 bits per heavy atom. The highest BCUT2D eigenvalue weighted by Crippen LogP contribution is 2.23. The first kappa shape index (κ1) is 23.0. The van der Waals surface area contributed by atoms with Crippen LogP contribution in [0.2, 0.25) is 0 Å². The SMILES string of the molecule is CC(C)(C)c1ccc(CN(C(=O)COCc2ccccc2)C2CCCCNC2=O)cc1. The van der Waals surface area contributed by atoms with Crippen LogP contribution in [0.15, 0.2) is 54.6 Å². The van der Waals surface area contributed by atoms with Crippen LogP contribution in [-0.2, 0) is 32.9 Å². The van der Waals surface area contributed by atoms with E-state index in [2.05, 4.69) is 50.4 Å². The first-order valence-corrected chi connectivity index (χ1v) is 11.1. The number of nitrogens with one attached hydrogen (secondary N) is 1. The number of nitrogens with zero attached hydrogens (tertiary/aromatic N) is 1. The second-order valence-corrected chi connectivity index (χ2v) is 9.25. The predicted molar refractivity (Wildman–Crippen MR) is 122 cm³/mol. The summed E-state index contributed by atoms with van der Waals surface area (Å²) >= 11 is 0. The standard InChI is InChI=1S/C26H34N2O3/c1-26(2,3)22-14-12-20(13-15-22)17-28(23-11-7-8-16-27-25(23)30)24(29)19-31-18-21-9-5-4-6-10-21/h4-6,9-10,12-15,23H,7-8,11,16-19H2,1-3H3,(H,27,30). The summed E-state index contributed by atoms with van der Waals surface area (Å²) in [6.07, 6.45) is 2.53. The van der Waals surface area contributed by atoms with Crippen LogP contribution in [0, 0.1) is 0 Å². The van der Waals surface area contributed by atoms with Gasteiger partial charge in [-0.2, -0.15) is 0 Å². The van der Waals surface area contributed by atoms with Crippen LogP contribution in [0.4, 0.5) is 0 Å². The van der Waals surface area contributed by atoms with Gasteiger partial charge in [-0.05, 0) is 41.4 Å². The molecule has 0 radical (unpaired) electrons.